The Kier molecular flexibility index (Phi) is 6.36. The summed E-state index contributed by atoms with van der Waals surface area (Å²) in [5.41, 5.74) is 2.79. The van der Waals surface area contributed by atoms with Crippen molar-refractivity contribution in [3.63, 3.8) is 0 Å². The summed E-state index contributed by atoms with van der Waals surface area (Å²) >= 11 is 1.35. The first-order chi connectivity index (χ1) is 13.5. The molecule has 0 spiro atoms. The minimum Gasteiger partial charge on any atom is -0.495 e. The molecule has 0 saturated carbocycles. The highest BCUT2D eigenvalue weighted by molar-refractivity contribution is 8.00. The molecule has 1 heterocycles. The molecule has 146 valence electrons. The van der Waals surface area contributed by atoms with Crippen LogP contribution in [-0.2, 0) is 4.79 Å². The molecule has 6 nitrogen and oxygen atoms in total. The van der Waals surface area contributed by atoms with Gasteiger partial charge in [-0.05, 0) is 36.6 Å². The topological polar surface area (TPSA) is 69.0 Å². The number of nitrogens with zero attached hydrogens (tertiary/aromatic N) is 3. The Morgan fingerprint density at radius 1 is 1.11 bits per heavy atom. The Balaban J connectivity index is 1.77. The lowest BCUT2D eigenvalue weighted by Gasteiger charge is -2.17. The summed E-state index contributed by atoms with van der Waals surface area (Å²) in [7, 11) is 1.62. The Bertz CT molecular complexity index is 955. The van der Waals surface area contributed by atoms with Gasteiger partial charge >= 0.3 is 0 Å². The van der Waals surface area contributed by atoms with Crippen LogP contribution in [0, 0.1) is 0 Å². The summed E-state index contributed by atoms with van der Waals surface area (Å²) < 4.78 is 7.25. The maximum absolute atomic E-state index is 12.8. The van der Waals surface area contributed by atoms with Crippen LogP contribution in [0.5, 0.6) is 5.75 Å². The van der Waals surface area contributed by atoms with Gasteiger partial charge in [-0.3, -0.25) is 9.36 Å². The van der Waals surface area contributed by atoms with Gasteiger partial charge in [0.15, 0.2) is 5.16 Å². The highest BCUT2D eigenvalue weighted by Gasteiger charge is 2.20. The highest BCUT2D eigenvalue weighted by Crippen LogP contribution is 2.30. The number of nitrogens with one attached hydrogen (secondary N) is 1. The number of methoxy groups -OCH3 is 1. The van der Waals surface area contributed by atoms with E-state index >= 15 is 0 Å². The number of amides is 1. The number of carbonyl (C=O) groups is 1. The Morgan fingerprint density at radius 3 is 2.57 bits per heavy atom. The molecule has 1 N–H and O–H groups in total. The second-order valence-electron chi connectivity index (χ2n) is 6.65. The van der Waals surface area contributed by atoms with E-state index in [9.17, 15) is 4.79 Å². The van der Waals surface area contributed by atoms with Crippen LogP contribution in [0.2, 0.25) is 0 Å². The van der Waals surface area contributed by atoms with E-state index in [2.05, 4.69) is 29.4 Å². The number of hydrogen-bond acceptors (Lipinski definition) is 5. The average molecular weight is 397 g/mol. The van der Waals surface area contributed by atoms with Gasteiger partial charge in [0.2, 0.25) is 5.91 Å². The Hall–Kier alpha value is -2.80. The zero-order valence-corrected chi connectivity index (χ0v) is 17.2. The molecule has 3 rings (SSSR count). The summed E-state index contributed by atoms with van der Waals surface area (Å²) in [5, 5.41) is 11.5. The molecule has 28 heavy (non-hydrogen) atoms. The van der Waals surface area contributed by atoms with Crippen LogP contribution in [0.4, 0.5) is 5.69 Å². The Labute approximate surface area is 169 Å². The van der Waals surface area contributed by atoms with Crippen molar-refractivity contribution in [3.8, 4) is 11.4 Å². The lowest BCUT2D eigenvalue weighted by atomic mass is 10.0. The fraction of sp³-hybridized carbons (Fsp3) is 0.286. The van der Waals surface area contributed by atoms with Crippen molar-refractivity contribution in [2.24, 2.45) is 0 Å². The standard InChI is InChI=1S/C21H24N4O2S/c1-14(2)16-9-5-6-10-17(16)23-20(26)15(3)28-21-24-22-13-25(21)18-11-7-8-12-19(18)27-4/h5-15H,1-4H3,(H,23,26). The zero-order chi connectivity index (χ0) is 20.1. The van der Waals surface area contributed by atoms with Crippen LogP contribution < -0.4 is 10.1 Å². The van der Waals surface area contributed by atoms with Gasteiger partial charge in [-0.2, -0.15) is 0 Å². The predicted molar refractivity (Wildman–Crippen MR) is 112 cm³/mol. The quantitative estimate of drug-likeness (QED) is 0.595. The van der Waals surface area contributed by atoms with E-state index < -0.39 is 0 Å². The molecule has 0 radical (unpaired) electrons. The van der Waals surface area contributed by atoms with Crippen molar-refractivity contribution in [1.29, 1.82) is 0 Å². The minimum atomic E-state index is -0.349. The monoisotopic (exact) mass is 396 g/mol. The fourth-order valence-electron chi connectivity index (χ4n) is 2.86. The van der Waals surface area contributed by atoms with Crippen LogP contribution in [0.3, 0.4) is 0 Å². The lowest BCUT2D eigenvalue weighted by molar-refractivity contribution is -0.115. The maximum atomic E-state index is 12.8. The van der Waals surface area contributed by atoms with E-state index in [0.717, 1.165) is 16.9 Å². The minimum absolute atomic E-state index is 0.0762. The number of hydrogen-bond donors (Lipinski definition) is 1. The zero-order valence-electron chi connectivity index (χ0n) is 16.4. The lowest BCUT2D eigenvalue weighted by Crippen LogP contribution is -2.23. The number of rotatable bonds is 7. The van der Waals surface area contributed by atoms with Crippen LogP contribution in [-0.4, -0.2) is 33.0 Å². The molecule has 0 aliphatic rings. The van der Waals surface area contributed by atoms with E-state index in [1.165, 1.54) is 11.8 Å². The fourth-order valence-corrected chi connectivity index (χ4v) is 3.69. The molecule has 0 aliphatic carbocycles. The van der Waals surface area contributed by atoms with Crippen LogP contribution in [0.1, 0.15) is 32.3 Å². The van der Waals surface area contributed by atoms with E-state index in [1.807, 2.05) is 60.0 Å². The third-order valence-electron chi connectivity index (χ3n) is 4.35. The third kappa shape index (κ3) is 4.36. The first-order valence-corrected chi connectivity index (χ1v) is 9.99. The molecule has 1 atom stereocenters. The molecular weight excluding hydrogens is 372 g/mol. The average Bonchev–Trinajstić information content (AvgIpc) is 3.16. The summed E-state index contributed by atoms with van der Waals surface area (Å²) in [5.74, 6) is 0.966. The second-order valence-corrected chi connectivity index (χ2v) is 7.95. The molecule has 0 aliphatic heterocycles. The van der Waals surface area contributed by atoms with Crippen molar-refractivity contribution in [2.75, 3.05) is 12.4 Å². The van der Waals surface area contributed by atoms with Crippen molar-refractivity contribution >= 4 is 23.4 Å². The van der Waals surface area contributed by atoms with Crippen LogP contribution in [0.25, 0.3) is 5.69 Å². The predicted octanol–water partition coefficient (Wildman–Crippen LogP) is 4.52. The molecule has 0 saturated heterocycles. The number of carbonyl (C=O) groups excluding carboxylic acids is 1. The summed E-state index contributed by atoms with van der Waals surface area (Å²) in [6, 6.07) is 15.5. The van der Waals surface area contributed by atoms with Gasteiger partial charge in [-0.15, -0.1) is 10.2 Å². The van der Waals surface area contributed by atoms with Crippen LogP contribution in [0.15, 0.2) is 60.0 Å². The van der Waals surface area contributed by atoms with Gasteiger partial charge in [0, 0.05) is 5.69 Å². The normalized spacial score (nSPS) is 12.0. The molecule has 1 amide bonds. The molecule has 3 aromatic rings. The summed E-state index contributed by atoms with van der Waals surface area (Å²) in [4.78, 5) is 12.8. The molecule has 1 aromatic heterocycles. The van der Waals surface area contributed by atoms with E-state index in [4.69, 9.17) is 4.74 Å². The first-order valence-electron chi connectivity index (χ1n) is 9.11. The van der Waals surface area contributed by atoms with Gasteiger partial charge in [-0.1, -0.05) is 55.9 Å². The van der Waals surface area contributed by atoms with Crippen LogP contribution >= 0.6 is 11.8 Å². The van der Waals surface area contributed by atoms with Crippen molar-refractivity contribution in [2.45, 2.75) is 37.1 Å². The number of para-hydroxylation sites is 3. The van der Waals surface area contributed by atoms with Crippen molar-refractivity contribution < 1.29 is 9.53 Å². The largest absolute Gasteiger partial charge is 0.495 e. The summed E-state index contributed by atoms with van der Waals surface area (Å²) in [6.45, 7) is 6.08. The van der Waals surface area contributed by atoms with E-state index in [1.54, 1.807) is 13.4 Å². The third-order valence-corrected chi connectivity index (χ3v) is 5.41. The maximum Gasteiger partial charge on any atom is 0.237 e. The summed E-state index contributed by atoms with van der Waals surface area (Å²) in [6.07, 6.45) is 1.62. The van der Waals surface area contributed by atoms with Gasteiger partial charge in [0.25, 0.3) is 0 Å². The molecular formula is C21H24N4O2S. The van der Waals surface area contributed by atoms with Gasteiger partial charge < -0.3 is 10.1 Å². The van der Waals surface area contributed by atoms with Crippen molar-refractivity contribution in [1.82, 2.24) is 14.8 Å². The molecule has 1 unspecified atom stereocenters. The molecule has 2 aromatic carbocycles. The molecule has 0 fully saturated rings. The molecule has 0 bridgehead atoms. The highest BCUT2D eigenvalue weighted by atomic mass is 32.2. The van der Waals surface area contributed by atoms with Gasteiger partial charge in [0.1, 0.15) is 12.1 Å². The number of thioether (sulfide) groups is 1. The van der Waals surface area contributed by atoms with E-state index in [0.29, 0.717) is 16.8 Å². The number of aromatic nitrogens is 3. The first kappa shape index (κ1) is 19.9. The van der Waals surface area contributed by atoms with Gasteiger partial charge in [0.05, 0.1) is 18.0 Å². The number of ether oxygens (including phenoxy) is 1. The number of benzene rings is 2. The Morgan fingerprint density at radius 2 is 1.82 bits per heavy atom. The second kappa shape index (κ2) is 8.93. The smallest absolute Gasteiger partial charge is 0.237 e. The van der Waals surface area contributed by atoms with Gasteiger partial charge in [-0.25, -0.2) is 0 Å². The SMILES string of the molecule is COc1ccccc1-n1cnnc1SC(C)C(=O)Nc1ccccc1C(C)C. The number of anilines is 1. The van der Waals surface area contributed by atoms with Crippen molar-refractivity contribution in [3.05, 3.63) is 60.4 Å². The van der Waals surface area contributed by atoms with E-state index in [-0.39, 0.29) is 11.2 Å². The molecule has 7 heteroatoms.